The van der Waals surface area contributed by atoms with Gasteiger partial charge in [-0.05, 0) is 98.8 Å². The summed E-state index contributed by atoms with van der Waals surface area (Å²) in [4.78, 5) is 15.3. The van der Waals surface area contributed by atoms with Crippen LogP contribution in [-0.2, 0) is 0 Å². The maximum Gasteiger partial charge on any atom is 0.138 e. The second kappa shape index (κ2) is 16.5. The van der Waals surface area contributed by atoms with Gasteiger partial charge in [-0.1, -0.05) is 82.8 Å². The Morgan fingerprint density at radius 2 is 1.45 bits per heavy atom. The molecule has 0 spiro atoms. The van der Waals surface area contributed by atoms with E-state index in [9.17, 15) is 0 Å². The van der Waals surface area contributed by atoms with E-state index < -0.39 is 0 Å². The van der Waals surface area contributed by atoms with Gasteiger partial charge in [0.1, 0.15) is 28.0 Å². The molecule has 3 aromatic carbocycles. The zero-order valence-electron chi connectivity index (χ0n) is 31.7. The molecule has 2 N–H and O–H groups in total. The fraction of sp³-hybridized carbons (Fsp3) is 0.191. The Morgan fingerprint density at radius 3 is 2.19 bits per heavy atom. The van der Waals surface area contributed by atoms with E-state index in [-0.39, 0.29) is 0 Å². The Hall–Kier alpha value is -6.14. The third-order valence-electron chi connectivity index (χ3n) is 9.51. The Morgan fingerprint density at radius 1 is 0.755 bits per heavy atom. The monoisotopic (exact) mass is 700 g/mol. The van der Waals surface area contributed by atoms with Gasteiger partial charge in [-0.15, -0.1) is 0 Å². The molecule has 0 saturated heterocycles. The smallest absolute Gasteiger partial charge is 0.138 e. The van der Waals surface area contributed by atoms with Crippen LogP contribution in [0.2, 0.25) is 0 Å². The molecule has 0 aliphatic carbocycles. The summed E-state index contributed by atoms with van der Waals surface area (Å²) in [6.07, 6.45) is 12.6. The first-order valence-electron chi connectivity index (χ1n) is 18.5. The van der Waals surface area contributed by atoms with E-state index in [4.69, 9.17) is 8.83 Å². The van der Waals surface area contributed by atoms with E-state index in [0.29, 0.717) is 5.92 Å². The zero-order valence-corrected chi connectivity index (χ0v) is 31.7. The van der Waals surface area contributed by atoms with Gasteiger partial charge in [-0.3, -0.25) is 4.98 Å². The number of nitrogens with one attached hydrogen (secondary N) is 2. The molecule has 1 atom stereocenters. The lowest BCUT2D eigenvalue weighted by atomic mass is 9.97. The molecule has 0 aliphatic heterocycles. The minimum atomic E-state index is 0.499. The quantitative estimate of drug-likeness (QED) is 0.187. The predicted molar refractivity (Wildman–Crippen MR) is 225 cm³/mol. The normalized spacial score (nSPS) is 11.7. The van der Waals surface area contributed by atoms with E-state index in [0.717, 1.165) is 78.2 Å². The van der Waals surface area contributed by atoms with Crippen molar-refractivity contribution in [2.75, 3.05) is 0 Å². The third-order valence-corrected chi connectivity index (χ3v) is 9.51. The highest BCUT2D eigenvalue weighted by molar-refractivity contribution is 6.15. The molecule has 6 aromatic heterocycles. The number of fused-ring (bicyclic) bond motifs is 7. The number of hydrogen-bond acceptors (Lipinski definition) is 4. The van der Waals surface area contributed by atoms with Gasteiger partial charge in [0.25, 0.3) is 0 Å². The number of pyridine rings is 2. The molecule has 0 fully saturated rings. The van der Waals surface area contributed by atoms with Gasteiger partial charge in [-0.2, -0.15) is 0 Å². The molecule has 53 heavy (non-hydrogen) atoms. The first kappa shape index (κ1) is 36.6. The van der Waals surface area contributed by atoms with E-state index in [1.54, 1.807) is 6.20 Å². The van der Waals surface area contributed by atoms with Crippen molar-refractivity contribution in [3.8, 4) is 11.3 Å². The van der Waals surface area contributed by atoms with Gasteiger partial charge in [0.15, 0.2) is 0 Å². The molecular formula is C47H48N4O2. The van der Waals surface area contributed by atoms with Crippen LogP contribution < -0.4 is 0 Å². The van der Waals surface area contributed by atoms with Crippen LogP contribution in [-0.4, -0.2) is 19.9 Å². The highest BCUT2D eigenvalue weighted by Crippen LogP contribution is 2.37. The average molecular weight is 701 g/mol. The van der Waals surface area contributed by atoms with Crippen LogP contribution in [0.5, 0.6) is 0 Å². The van der Waals surface area contributed by atoms with Crippen molar-refractivity contribution in [3.05, 3.63) is 144 Å². The minimum Gasteiger partial charge on any atom is -0.456 e. The number of aromatic amines is 2. The third kappa shape index (κ3) is 7.31. The van der Waals surface area contributed by atoms with Crippen molar-refractivity contribution >= 4 is 67.1 Å². The second-order valence-corrected chi connectivity index (χ2v) is 12.8. The molecule has 6 heterocycles. The van der Waals surface area contributed by atoms with Crippen molar-refractivity contribution in [1.29, 1.82) is 0 Å². The van der Waals surface area contributed by atoms with Gasteiger partial charge in [0.05, 0.1) is 11.4 Å². The molecule has 6 nitrogen and oxygen atoms in total. The Bertz CT molecular complexity index is 2660. The van der Waals surface area contributed by atoms with E-state index >= 15 is 0 Å². The summed E-state index contributed by atoms with van der Waals surface area (Å²) in [5.41, 5.74) is 12.9. The summed E-state index contributed by atoms with van der Waals surface area (Å²) < 4.78 is 12.0. The second-order valence-electron chi connectivity index (χ2n) is 12.8. The van der Waals surface area contributed by atoms with Crippen molar-refractivity contribution in [3.63, 3.8) is 0 Å². The minimum absolute atomic E-state index is 0.499. The molecule has 0 bridgehead atoms. The summed E-state index contributed by atoms with van der Waals surface area (Å²) in [5, 5.41) is 5.62. The van der Waals surface area contributed by atoms with Gasteiger partial charge in [-0.25, -0.2) is 4.98 Å². The van der Waals surface area contributed by atoms with Crippen LogP contribution in [0.4, 0.5) is 0 Å². The molecule has 1 unspecified atom stereocenters. The number of furan rings is 2. The van der Waals surface area contributed by atoms with Crippen molar-refractivity contribution in [1.82, 2.24) is 19.9 Å². The molecule has 268 valence electrons. The number of rotatable bonds is 5. The zero-order chi connectivity index (χ0) is 37.5. The summed E-state index contributed by atoms with van der Waals surface area (Å²) in [5.74, 6) is 0.499. The number of nitrogens with zero attached hydrogens (tertiary/aromatic N) is 2. The fourth-order valence-corrected chi connectivity index (χ4v) is 6.69. The molecule has 0 radical (unpaired) electrons. The van der Waals surface area contributed by atoms with Crippen molar-refractivity contribution < 1.29 is 8.83 Å². The lowest BCUT2D eigenvalue weighted by Gasteiger charge is -2.13. The highest BCUT2D eigenvalue weighted by atomic mass is 16.3. The first-order chi connectivity index (χ1) is 25.9. The summed E-state index contributed by atoms with van der Waals surface area (Å²) in [7, 11) is 0. The van der Waals surface area contributed by atoms with Gasteiger partial charge in [0, 0.05) is 62.3 Å². The standard InChI is InChI=1S/C19H12O2.C14H18N2.C12H12N2.C2H6/c1-11-5-4-7-13-15-10-17-14(9-18(15)21-19(11)13)12-6-2-3-8-16(12)20-17;1-4-10(2)13-12(6-5-8-15-13)14-11(3)7-9-16-14;1-3-6-11-9(4-2)10-7-5-8-13-12(10)14-11;1-2/h2-10H,1H3;5-10,16H,4H2,1-3H3;3-8H,2H2,1H3,(H,13,14);1-2H3/b;;6-3-;. The predicted octanol–water partition coefficient (Wildman–Crippen LogP) is 14.0. The van der Waals surface area contributed by atoms with Crippen molar-refractivity contribution in [2.45, 2.75) is 60.8 Å². The molecule has 0 aliphatic rings. The molecule has 9 aromatic rings. The van der Waals surface area contributed by atoms with E-state index in [1.165, 1.54) is 22.5 Å². The van der Waals surface area contributed by atoms with Crippen LogP contribution >= 0.6 is 0 Å². The molecule has 9 rings (SSSR count). The van der Waals surface area contributed by atoms with Gasteiger partial charge >= 0.3 is 0 Å². The van der Waals surface area contributed by atoms with Crippen LogP contribution in [0.15, 0.2) is 125 Å². The number of aryl methyl sites for hydroxylation is 2. The molecule has 6 heteroatoms. The fourth-order valence-electron chi connectivity index (χ4n) is 6.69. The number of para-hydroxylation sites is 2. The van der Waals surface area contributed by atoms with Gasteiger partial charge in [0.2, 0.25) is 0 Å². The van der Waals surface area contributed by atoms with Gasteiger partial charge < -0.3 is 18.8 Å². The van der Waals surface area contributed by atoms with Crippen LogP contribution in [0.1, 0.15) is 75.0 Å². The average Bonchev–Trinajstić information content (AvgIpc) is 3.98. The lowest BCUT2D eigenvalue weighted by Crippen LogP contribution is -1.99. The number of H-pyrrole nitrogens is 2. The molecular weight excluding hydrogens is 653 g/mol. The maximum atomic E-state index is 6.07. The van der Waals surface area contributed by atoms with E-state index in [2.05, 4.69) is 103 Å². The lowest BCUT2D eigenvalue weighted by molar-refractivity contribution is 0.662. The molecule has 0 saturated carbocycles. The van der Waals surface area contributed by atoms with Crippen LogP contribution in [0.3, 0.4) is 0 Å². The maximum absolute atomic E-state index is 6.07. The Balaban J connectivity index is 0.000000136. The summed E-state index contributed by atoms with van der Waals surface area (Å²) >= 11 is 0. The van der Waals surface area contributed by atoms with Crippen molar-refractivity contribution in [2.24, 2.45) is 0 Å². The highest BCUT2D eigenvalue weighted by Gasteiger charge is 2.15. The summed E-state index contributed by atoms with van der Waals surface area (Å²) in [6, 6.07) is 28.8. The van der Waals surface area contributed by atoms with E-state index in [1.807, 2.05) is 87.8 Å². The Kier molecular flexibility index (Phi) is 11.4. The number of aromatic nitrogens is 4. The first-order valence-corrected chi connectivity index (χ1v) is 18.5. The molecule has 0 amide bonds. The van der Waals surface area contributed by atoms with Crippen LogP contribution in [0, 0.1) is 13.8 Å². The SMILES string of the molecule is C=Cc1c(/C=C\C)[nH]c2ncccc12.CC.CCC(C)c1ncccc1-c1[nH]ccc1C.Cc1cccc2c1oc1cc3c(cc12)oc1ccccc13. The topological polar surface area (TPSA) is 83.6 Å². The number of benzene rings is 3. The largest absolute Gasteiger partial charge is 0.456 e. The number of hydrogen-bond donors (Lipinski definition) is 2. The summed E-state index contributed by atoms with van der Waals surface area (Å²) in [6.45, 7) is 18.4. The number of allylic oxidation sites excluding steroid dienone is 1. The van der Waals surface area contributed by atoms with Crippen LogP contribution in [0.25, 0.3) is 78.3 Å². The Labute approximate surface area is 311 Å².